The van der Waals surface area contributed by atoms with Crippen molar-refractivity contribution in [1.29, 1.82) is 0 Å². The number of phenols is 1. The number of nitrogens with zero attached hydrogens (tertiary/aromatic N) is 1. The van der Waals surface area contributed by atoms with Gasteiger partial charge < -0.3 is 15.2 Å². The zero-order valence-corrected chi connectivity index (χ0v) is 11.8. The Labute approximate surface area is 126 Å². The number of rotatable bonds is 5. The molecule has 114 valence electrons. The summed E-state index contributed by atoms with van der Waals surface area (Å²) in [6.07, 6.45) is 0. The maximum atomic E-state index is 12.1. The molecule has 0 aliphatic rings. The lowest BCUT2D eigenvalue weighted by molar-refractivity contribution is -0.385. The molecule has 0 aliphatic heterocycles. The summed E-state index contributed by atoms with van der Waals surface area (Å²) in [5, 5.41) is 23.1. The van der Waals surface area contributed by atoms with Crippen LogP contribution >= 0.6 is 0 Å². The quantitative estimate of drug-likeness (QED) is 0.653. The normalized spacial score (nSPS) is 10.0. The van der Waals surface area contributed by atoms with Gasteiger partial charge in [-0.15, -0.1) is 0 Å². The summed E-state index contributed by atoms with van der Waals surface area (Å²) in [5.74, 6) is -0.625. The monoisotopic (exact) mass is 302 g/mol. The number of carbonyl (C=O) groups is 1. The Morgan fingerprint density at radius 1 is 1.27 bits per heavy atom. The highest BCUT2D eigenvalue weighted by molar-refractivity contribution is 6.06. The van der Waals surface area contributed by atoms with Gasteiger partial charge in [0.1, 0.15) is 5.75 Å². The van der Waals surface area contributed by atoms with Gasteiger partial charge in [0, 0.05) is 11.8 Å². The number of nitro groups is 1. The zero-order chi connectivity index (χ0) is 16.1. The number of benzene rings is 2. The SMILES string of the molecule is CCOc1ccc(NC(=O)c2cccc([N+](=O)[O-])c2O)cc1. The predicted molar refractivity (Wildman–Crippen MR) is 80.3 cm³/mol. The Morgan fingerprint density at radius 2 is 1.95 bits per heavy atom. The van der Waals surface area contributed by atoms with Gasteiger partial charge in [-0.3, -0.25) is 14.9 Å². The van der Waals surface area contributed by atoms with Crippen LogP contribution in [-0.2, 0) is 0 Å². The number of nitrogens with one attached hydrogen (secondary N) is 1. The van der Waals surface area contributed by atoms with E-state index in [4.69, 9.17) is 4.74 Å². The van der Waals surface area contributed by atoms with Crippen molar-refractivity contribution in [1.82, 2.24) is 0 Å². The minimum Gasteiger partial charge on any atom is -0.502 e. The average molecular weight is 302 g/mol. The number of hydrogen-bond donors (Lipinski definition) is 2. The molecule has 22 heavy (non-hydrogen) atoms. The molecule has 0 heterocycles. The first-order valence-electron chi connectivity index (χ1n) is 6.53. The Morgan fingerprint density at radius 3 is 2.55 bits per heavy atom. The van der Waals surface area contributed by atoms with E-state index in [0.29, 0.717) is 18.0 Å². The van der Waals surface area contributed by atoms with E-state index in [1.165, 1.54) is 12.1 Å². The summed E-state index contributed by atoms with van der Waals surface area (Å²) in [7, 11) is 0. The summed E-state index contributed by atoms with van der Waals surface area (Å²) in [6, 6.07) is 10.4. The van der Waals surface area contributed by atoms with Gasteiger partial charge in [0.05, 0.1) is 17.1 Å². The topological polar surface area (TPSA) is 102 Å². The van der Waals surface area contributed by atoms with Gasteiger partial charge in [0.15, 0.2) is 0 Å². The Balaban J connectivity index is 2.19. The summed E-state index contributed by atoms with van der Waals surface area (Å²) < 4.78 is 5.28. The third-order valence-electron chi connectivity index (χ3n) is 2.88. The summed E-state index contributed by atoms with van der Waals surface area (Å²) in [6.45, 7) is 2.40. The Bertz CT molecular complexity index is 698. The lowest BCUT2D eigenvalue weighted by Gasteiger charge is -2.08. The number of nitro benzene ring substituents is 1. The fraction of sp³-hybridized carbons (Fsp3) is 0.133. The van der Waals surface area contributed by atoms with Crippen molar-refractivity contribution in [2.75, 3.05) is 11.9 Å². The van der Waals surface area contributed by atoms with Gasteiger partial charge in [-0.05, 0) is 37.3 Å². The first kappa shape index (κ1) is 15.3. The number of para-hydroxylation sites is 1. The van der Waals surface area contributed by atoms with Crippen LogP contribution in [0.2, 0.25) is 0 Å². The zero-order valence-electron chi connectivity index (χ0n) is 11.8. The van der Waals surface area contributed by atoms with E-state index in [-0.39, 0.29) is 5.56 Å². The van der Waals surface area contributed by atoms with Gasteiger partial charge in [-0.25, -0.2) is 0 Å². The Kier molecular flexibility index (Phi) is 4.57. The molecule has 0 bridgehead atoms. The van der Waals surface area contributed by atoms with Crippen LogP contribution in [0.1, 0.15) is 17.3 Å². The van der Waals surface area contributed by atoms with E-state index in [0.717, 1.165) is 6.07 Å². The van der Waals surface area contributed by atoms with Crippen LogP contribution in [0.3, 0.4) is 0 Å². The molecule has 2 N–H and O–H groups in total. The van der Waals surface area contributed by atoms with Crippen molar-refractivity contribution in [3.8, 4) is 11.5 Å². The first-order chi connectivity index (χ1) is 10.5. The van der Waals surface area contributed by atoms with Gasteiger partial charge in [-0.2, -0.15) is 0 Å². The molecule has 7 nitrogen and oxygen atoms in total. The first-order valence-corrected chi connectivity index (χ1v) is 6.53. The maximum absolute atomic E-state index is 12.1. The molecule has 2 aromatic carbocycles. The van der Waals surface area contributed by atoms with Crippen LogP contribution in [0, 0.1) is 10.1 Å². The highest BCUT2D eigenvalue weighted by atomic mass is 16.6. The van der Waals surface area contributed by atoms with Gasteiger partial charge in [0.25, 0.3) is 5.91 Å². The van der Waals surface area contributed by atoms with Crippen molar-refractivity contribution < 1.29 is 19.6 Å². The standard InChI is InChI=1S/C15H14N2O5/c1-2-22-11-8-6-10(7-9-11)16-15(19)12-4-3-5-13(14(12)18)17(20)21/h3-9,18H,2H2,1H3,(H,16,19). The molecule has 0 aliphatic carbocycles. The van der Waals surface area contributed by atoms with Crippen LogP contribution in [0.15, 0.2) is 42.5 Å². The number of anilines is 1. The molecular formula is C15H14N2O5. The molecule has 0 radical (unpaired) electrons. The number of amides is 1. The number of carbonyl (C=O) groups excluding carboxylic acids is 1. The smallest absolute Gasteiger partial charge is 0.311 e. The summed E-state index contributed by atoms with van der Waals surface area (Å²) >= 11 is 0. The van der Waals surface area contributed by atoms with E-state index < -0.39 is 22.3 Å². The molecule has 0 saturated carbocycles. The lowest BCUT2D eigenvalue weighted by Crippen LogP contribution is -2.12. The maximum Gasteiger partial charge on any atom is 0.311 e. The molecule has 0 spiro atoms. The average Bonchev–Trinajstić information content (AvgIpc) is 2.49. The number of ether oxygens (including phenoxy) is 1. The molecule has 0 fully saturated rings. The molecule has 0 unspecified atom stereocenters. The van der Waals surface area contributed by atoms with E-state index in [1.807, 2.05) is 6.92 Å². The van der Waals surface area contributed by atoms with Crippen molar-refractivity contribution >= 4 is 17.3 Å². The van der Waals surface area contributed by atoms with Crippen molar-refractivity contribution in [2.24, 2.45) is 0 Å². The number of phenolic OH excluding ortho intramolecular Hbond substituents is 1. The second-order valence-corrected chi connectivity index (χ2v) is 4.34. The summed E-state index contributed by atoms with van der Waals surface area (Å²) in [5.41, 5.74) is -0.193. The van der Waals surface area contributed by atoms with E-state index in [1.54, 1.807) is 24.3 Å². The predicted octanol–water partition coefficient (Wildman–Crippen LogP) is 2.95. The van der Waals surface area contributed by atoms with E-state index in [9.17, 15) is 20.0 Å². The molecule has 0 saturated heterocycles. The third-order valence-corrected chi connectivity index (χ3v) is 2.88. The molecule has 2 rings (SSSR count). The molecule has 0 atom stereocenters. The number of hydrogen-bond acceptors (Lipinski definition) is 5. The fourth-order valence-corrected chi connectivity index (χ4v) is 1.86. The van der Waals surface area contributed by atoms with Gasteiger partial charge in [0.2, 0.25) is 5.75 Å². The highest BCUT2D eigenvalue weighted by Gasteiger charge is 2.20. The molecule has 7 heteroatoms. The van der Waals surface area contributed by atoms with Gasteiger partial charge >= 0.3 is 5.69 Å². The minimum absolute atomic E-state index is 0.164. The van der Waals surface area contributed by atoms with Crippen LogP contribution in [0.25, 0.3) is 0 Å². The molecule has 1 amide bonds. The lowest BCUT2D eigenvalue weighted by atomic mass is 10.1. The number of aromatic hydroxyl groups is 1. The second kappa shape index (κ2) is 6.57. The van der Waals surface area contributed by atoms with E-state index in [2.05, 4.69) is 5.32 Å². The van der Waals surface area contributed by atoms with Crippen molar-refractivity contribution in [3.05, 3.63) is 58.1 Å². The van der Waals surface area contributed by atoms with E-state index >= 15 is 0 Å². The van der Waals surface area contributed by atoms with Crippen molar-refractivity contribution in [3.63, 3.8) is 0 Å². The van der Waals surface area contributed by atoms with Gasteiger partial charge in [-0.1, -0.05) is 6.07 Å². The second-order valence-electron chi connectivity index (χ2n) is 4.34. The fourth-order valence-electron chi connectivity index (χ4n) is 1.86. The van der Waals surface area contributed by atoms with Crippen LogP contribution < -0.4 is 10.1 Å². The van der Waals surface area contributed by atoms with Crippen LogP contribution in [0.5, 0.6) is 11.5 Å². The third kappa shape index (κ3) is 3.32. The largest absolute Gasteiger partial charge is 0.502 e. The van der Waals surface area contributed by atoms with Crippen LogP contribution in [0.4, 0.5) is 11.4 Å². The Hall–Kier alpha value is -3.09. The minimum atomic E-state index is -0.747. The highest BCUT2D eigenvalue weighted by Crippen LogP contribution is 2.29. The van der Waals surface area contributed by atoms with Crippen molar-refractivity contribution in [2.45, 2.75) is 6.92 Å². The molecular weight excluding hydrogens is 288 g/mol. The molecule has 2 aromatic rings. The summed E-state index contributed by atoms with van der Waals surface area (Å²) in [4.78, 5) is 22.1. The van der Waals surface area contributed by atoms with Crippen LogP contribution in [-0.4, -0.2) is 22.5 Å². The molecule has 0 aromatic heterocycles.